The monoisotopic (exact) mass is 288 g/mol. The molecule has 4 heteroatoms. The Kier molecular flexibility index (Phi) is 3.52. The van der Waals surface area contributed by atoms with Crippen molar-refractivity contribution in [3.05, 3.63) is 22.3 Å². The van der Waals surface area contributed by atoms with Crippen LogP contribution in [0, 0.1) is 6.92 Å². The SMILES string of the molecule is Cc1cc(Br)cnc1N1CCCC1CCl. The number of hydrogen-bond donors (Lipinski definition) is 0. The minimum Gasteiger partial charge on any atom is -0.352 e. The van der Waals surface area contributed by atoms with Crippen LogP contribution in [-0.2, 0) is 0 Å². The fourth-order valence-corrected chi connectivity index (χ4v) is 2.88. The molecule has 15 heavy (non-hydrogen) atoms. The van der Waals surface area contributed by atoms with Gasteiger partial charge in [-0.2, -0.15) is 0 Å². The Morgan fingerprint density at radius 2 is 2.47 bits per heavy atom. The van der Waals surface area contributed by atoms with Gasteiger partial charge in [-0.25, -0.2) is 4.98 Å². The van der Waals surface area contributed by atoms with E-state index in [1.165, 1.54) is 18.4 Å². The highest BCUT2D eigenvalue weighted by Gasteiger charge is 2.25. The van der Waals surface area contributed by atoms with Gasteiger partial charge in [-0.15, -0.1) is 11.6 Å². The third-order valence-electron chi connectivity index (χ3n) is 2.84. The Labute approximate surface area is 104 Å². The zero-order valence-electron chi connectivity index (χ0n) is 8.71. The lowest BCUT2D eigenvalue weighted by molar-refractivity contribution is 0.731. The fourth-order valence-electron chi connectivity index (χ4n) is 2.11. The molecule has 1 aliphatic rings. The van der Waals surface area contributed by atoms with Crippen LogP contribution in [0.4, 0.5) is 5.82 Å². The summed E-state index contributed by atoms with van der Waals surface area (Å²) in [5.74, 6) is 1.78. The van der Waals surface area contributed by atoms with Crippen LogP contribution in [0.25, 0.3) is 0 Å². The normalized spacial score (nSPS) is 21.0. The summed E-state index contributed by atoms with van der Waals surface area (Å²) in [6, 6.07) is 2.56. The molecule has 0 N–H and O–H groups in total. The number of hydrogen-bond acceptors (Lipinski definition) is 2. The van der Waals surface area contributed by atoms with Crippen LogP contribution in [0.5, 0.6) is 0 Å². The van der Waals surface area contributed by atoms with Crippen molar-refractivity contribution in [3.63, 3.8) is 0 Å². The van der Waals surface area contributed by atoms with E-state index in [-0.39, 0.29) is 0 Å². The molecular weight excluding hydrogens is 275 g/mol. The average Bonchev–Trinajstić information content (AvgIpc) is 2.65. The van der Waals surface area contributed by atoms with Crippen LogP contribution in [0.1, 0.15) is 18.4 Å². The number of pyridine rings is 1. The zero-order chi connectivity index (χ0) is 10.8. The molecule has 82 valence electrons. The highest BCUT2D eigenvalue weighted by Crippen LogP contribution is 2.28. The quantitative estimate of drug-likeness (QED) is 0.776. The van der Waals surface area contributed by atoms with Gasteiger partial charge in [0.05, 0.1) is 0 Å². The smallest absolute Gasteiger partial charge is 0.131 e. The molecule has 0 spiro atoms. The zero-order valence-corrected chi connectivity index (χ0v) is 11.1. The van der Waals surface area contributed by atoms with E-state index >= 15 is 0 Å². The van der Waals surface area contributed by atoms with Crippen LogP contribution >= 0.6 is 27.5 Å². The van der Waals surface area contributed by atoms with E-state index < -0.39 is 0 Å². The maximum Gasteiger partial charge on any atom is 0.131 e. The maximum absolute atomic E-state index is 5.96. The minimum absolute atomic E-state index is 0.457. The van der Waals surface area contributed by atoms with Gasteiger partial charge in [0.2, 0.25) is 0 Å². The Morgan fingerprint density at radius 1 is 1.67 bits per heavy atom. The lowest BCUT2D eigenvalue weighted by Gasteiger charge is -2.25. The highest BCUT2D eigenvalue weighted by atomic mass is 79.9. The molecule has 1 unspecified atom stereocenters. The van der Waals surface area contributed by atoms with E-state index in [0.717, 1.165) is 16.8 Å². The molecule has 2 nitrogen and oxygen atoms in total. The van der Waals surface area contributed by atoms with E-state index in [1.54, 1.807) is 0 Å². The van der Waals surface area contributed by atoms with Crippen molar-refractivity contribution in [1.82, 2.24) is 4.98 Å². The van der Waals surface area contributed by atoms with Crippen molar-refractivity contribution in [2.45, 2.75) is 25.8 Å². The molecule has 0 aliphatic carbocycles. The first-order valence-electron chi connectivity index (χ1n) is 5.17. The molecule has 0 bridgehead atoms. The molecule has 1 fully saturated rings. The Bertz CT molecular complexity index is 356. The molecule has 2 heterocycles. The summed E-state index contributed by atoms with van der Waals surface area (Å²) in [4.78, 5) is 6.81. The highest BCUT2D eigenvalue weighted by molar-refractivity contribution is 9.10. The van der Waals surface area contributed by atoms with Crippen LogP contribution < -0.4 is 4.90 Å². The van der Waals surface area contributed by atoms with E-state index in [9.17, 15) is 0 Å². The Hall–Kier alpha value is -0.280. The second-order valence-electron chi connectivity index (χ2n) is 3.94. The molecule has 2 rings (SSSR count). The summed E-state index contributed by atoms with van der Waals surface area (Å²) in [6.45, 7) is 3.17. The van der Waals surface area contributed by atoms with Crippen molar-refractivity contribution < 1.29 is 0 Å². The number of aryl methyl sites for hydroxylation is 1. The summed E-state index contributed by atoms with van der Waals surface area (Å²) in [6.07, 6.45) is 4.25. The van der Waals surface area contributed by atoms with Crippen molar-refractivity contribution in [2.24, 2.45) is 0 Å². The molecule has 1 aromatic heterocycles. The lowest BCUT2D eigenvalue weighted by Crippen LogP contribution is -2.31. The van der Waals surface area contributed by atoms with Gasteiger partial charge >= 0.3 is 0 Å². The maximum atomic E-state index is 5.96. The van der Waals surface area contributed by atoms with Gasteiger partial charge in [0, 0.05) is 29.1 Å². The molecule has 1 aliphatic heterocycles. The molecule has 0 saturated carbocycles. The van der Waals surface area contributed by atoms with Crippen molar-refractivity contribution >= 4 is 33.3 Å². The first-order valence-corrected chi connectivity index (χ1v) is 6.50. The van der Waals surface area contributed by atoms with E-state index in [1.807, 2.05) is 6.20 Å². The number of rotatable bonds is 2. The van der Waals surface area contributed by atoms with Gasteiger partial charge < -0.3 is 4.90 Å². The molecule has 1 saturated heterocycles. The summed E-state index contributed by atoms with van der Waals surface area (Å²) in [7, 11) is 0. The van der Waals surface area contributed by atoms with Gasteiger partial charge in [-0.1, -0.05) is 0 Å². The molecule has 1 atom stereocenters. The van der Waals surface area contributed by atoms with Gasteiger partial charge in [0.15, 0.2) is 0 Å². The van der Waals surface area contributed by atoms with Gasteiger partial charge in [0.1, 0.15) is 5.82 Å². The molecule has 1 aromatic rings. The number of alkyl halides is 1. The number of aromatic nitrogens is 1. The summed E-state index contributed by atoms with van der Waals surface area (Å²) >= 11 is 9.39. The predicted octanol–water partition coefficient (Wildman–Crippen LogP) is 3.36. The lowest BCUT2D eigenvalue weighted by atomic mass is 10.2. The third kappa shape index (κ3) is 2.28. The molecule has 0 amide bonds. The molecule has 0 aromatic carbocycles. The van der Waals surface area contributed by atoms with E-state index in [0.29, 0.717) is 11.9 Å². The molecule has 0 radical (unpaired) electrons. The van der Waals surface area contributed by atoms with Crippen LogP contribution in [0.15, 0.2) is 16.7 Å². The van der Waals surface area contributed by atoms with E-state index in [4.69, 9.17) is 11.6 Å². The van der Waals surface area contributed by atoms with Crippen molar-refractivity contribution in [3.8, 4) is 0 Å². The minimum atomic E-state index is 0.457. The number of anilines is 1. The second kappa shape index (κ2) is 4.71. The first kappa shape index (κ1) is 11.2. The number of nitrogens with zero attached hydrogens (tertiary/aromatic N) is 2. The summed E-state index contributed by atoms with van der Waals surface area (Å²) in [5, 5.41) is 0. The van der Waals surface area contributed by atoms with Crippen LogP contribution in [-0.4, -0.2) is 23.5 Å². The topological polar surface area (TPSA) is 16.1 Å². The van der Waals surface area contributed by atoms with Gasteiger partial charge in [-0.3, -0.25) is 0 Å². The number of halogens is 2. The third-order valence-corrected chi connectivity index (χ3v) is 3.63. The van der Waals surface area contributed by atoms with Gasteiger partial charge in [0.25, 0.3) is 0 Å². The van der Waals surface area contributed by atoms with Crippen LogP contribution in [0.3, 0.4) is 0 Å². The molecular formula is C11H14BrClN2. The fraction of sp³-hybridized carbons (Fsp3) is 0.545. The second-order valence-corrected chi connectivity index (χ2v) is 5.16. The van der Waals surface area contributed by atoms with Crippen LogP contribution in [0.2, 0.25) is 0 Å². The standard InChI is InChI=1S/C11H14BrClN2/c1-8-5-9(12)7-14-11(8)15-4-2-3-10(15)6-13/h5,7,10H,2-4,6H2,1H3. The summed E-state index contributed by atoms with van der Waals surface area (Å²) < 4.78 is 1.03. The van der Waals surface area contributed by atoms with Gasteiger partial charge in [-0.05, 0) is 47.3 Å². The largest absolute Gasteiger partial charge is 0.352 e. The average molecular weight is 290 g/mol. The van der Waals surface area contributed by atoms with Crippen molar-refractivity contribution in [1.29, 1.82) is 0 Å². The van der Waals surface area contributed by atoms with Crippen molar-refractivity contribution in [2.75, 3.05) is 17.3 Å². The predicted molar refractivity (Wildman–Crippen MR) is 67.8 cm³/mol. The Balaban J connectivity index is 2.28. The first-order chi connectivity index (χ1) is 7.22. The Morgan fingerprint density at radius 3 is 3.13 bits per heavy atom. The van der Waals surface area contributed by atoms with E-state index in [2.05, 4.69) is 38.8 Å². The summed E-state index contributed by atoms with van der Waals surface area (Å²) in [5.41, 5.74) is 1.21.